The highest BCUT2D eigenvalue weighted by Gasteiger charge is 2.27. The number of sulfonamides is 1. The zero-order valence-corrected chi connectivity index (χ0v) is 19.3. The van der Waals surface area contributed by atoms with Crippen LogP contribution in [0.3, 0.4) is 0 Å². The van der Waals surface area contributed by atoms with Crippen LogP contribution in [0.2, 0.25) is 0 Å². The summed E-state index contributed by atoms with van der Waals surface area (Å²) in [4.78, 5) is 27.8. The maximum absolute atomic E-state index is 13.0. The maximum Gasteiger partial charge on any atom is 0.258 e. The molecule has 1 aliphatic rings. The fourth-order valence-electron chi connectivity index (χ4n) is 3.42. The second-order valence-electron chi connectivity index (χ2n) is 7.82. The van der Waals surface area contributed by atoms with E-state index in [-0.39, 0.29) is 23.5 Å². The SMILES string of the molecule is CC(C)Cc1nnc(NC(=O)c2cc(=O)[nH]c3ccc(S(=O)(=O)N4CCOCC4)cc23)s1. The minimum atomic E-state index is -3.76. The third-order valence-corrected chi connectivity index (χ3v) is 7.69. The fourth-order valence-corrected chi connectivity index (χ4v) is 5.80. The molecule has 0 radical (unpaired) electrons. The average molecular weight is 478 g/mol. The molecule has 2 N–H and O–H groups in total. The molecule has 0 spiro atoms. The van der Waals surface area contributed by atoms with Crippen molar-refractivity contribution in [2.45, 2.75) is 25.2 Å². The Labute approximate surface area is 188 Å². The molecule has 10 nitrogen and oxygen atoms in total. The molecule has 0 atom stereocenters. The number of fused-ring (bicyclic) bond motifs is 1. The maximum atomic E-state index is 13.0. The van der Waals surface area contributed by atoms with E-state index in [0.29, 0.717) is 35.2 Å². The topological polar surface area (TPSA) is 134 Å². The van der Waals surface area contributed by atoms with Gasteiger partial charge in [-0.1, -0.05) is 25.2 Å². The van der Waals surface area contributed by atoms with Crippen molar-refractivity contribution in [3.8, 4) is 0 Å². The van der Waals surface area contributed by atoms with Crippen LogP contribution in [0, 0.1) is 5.92 Å². The van der Waals surface area contributed by atoms with Crippen LogP contribution >= 0.6 is 11.3 Å². The zero-order valence-electron chi connectivity index (χ0n) is 17.6. The number of benzene rings is 1. The summed E-state index contributed by atoms with van der Waals surface area (Å²) in [7, 11) is -3.76. The van der Waals surface area contributed by atoms with E-state index in [4.69, 9.17) is 4.74 Å². The van der Waals surface area contributed by atoms with Crippen LogP contribution in [0.1, 0.15) is 29.2 Å². The lowest BCUT2D eigenvalue weighted by molar-refractivity contribution is 0.0730. The first kappa shape index (κ1) is 22.5. The lowest BCUT2D eigenvalue weighted by atomic mass is 10.1. The Balaban J connectivity index is 1.69. The predicted molar refractivity (Wildman–Crippen MR) is 121 cm³/mol. The molecule has 170 valence electrons. The van der Waals surface area contributed by atoms with E-state index in [0.717, 1.165) is 17.5 Å². The number of carbonyl (C=O) groups excluding carboxylic acids is 1. The number of nitrogens with one attached hydrogen (secondary N) is 2. The molecule has 3 aromatic rings. The molecule has 0 aliphatic carbocycles. The summed E-state index contributed by atoms with van der Waals surface area (Å²) in [6.07, 6.45) is 0.740. The fraction of sp³-hybridized carbons (Fsp3) is 0.400. The lowest BCUT2D eigenvalue weighted by Crippen LogP contribution is -2.40. The molecule has 4 rings (SSSR count). The Morgan fingerprint density at radius 3 is 2.72 bits per heavy atom. The zero-order chi connectivity index (χ0) is 22.9. The first-order valence-corrected chi connectivity index (χ1v) is 12.4. The smallest absolute Gasteiger partial charge is 0.258 e. The summed E-state index contributed by atoms with van der Waals surface area (Å²) in [6.45, 7) is 5.29. The molecule has 1 fully saturated rings. The van der Waals surface area contributed by atoms with Gasteiger partial charge in [-0.25, -0.2) is 8.42 Å². The van der Waals surface area contributed by atoms with E-state index < -0.39 is 21.5 Å². The summed E-state index contributed by atoms with van der Waals surface area (Å²) in [5.41, 5.74) is -0.0473. The third-order valence-electron chi connectivity index (χ3n) is 4.94. The van der Waals surface area contributed by atoms with E-state index in [1.165, 1.54) is 33.8 Å². The highest BCUT2D eigenvalue weighted by molar-refractivity contribution is 7.89. The molecule has 32 heavy (non-hydrogen) atoms. The molecule has 12 heteroatoms. The van der Waals surface area contributed by atoms with Crippen LogP contribution in [0.4, 0.5) is 5.13 Å². The number of hydrogen-bond donors (Lipinski definition) is 2. The number of rotatable bonds is 6. The number of pyridine rings is 1. The van der Waals surface area contributed by atoms with Gasteiger partial charge in [0.1, 0.15) is 5.01 Å². The number of anilines is 1. The van der Waals surface area contributed by atoms with Gasteiger partial charge >= 0.3 is 0 Å². The minimum Gasteiger partial charge on any atom is -0.379 e. The van der Waals surface area contributed by atoms with Gasteiger partial charge < -0.3 is 9.72 Å². The molecular weight excluding hydrogens is 454 g/mol. The molecule has 2 aromatic heterocycles. The molecule has 0 bridgehead atoms. The number of amides is 1. The molecule has 0 unspecified atom stereocenters. The number of ether oxygens (including phenoxy) is 1. The van der Waals surface area contributed by atoms with Crippen LogP contribution in [0.25, 0.3) is 10.9 Å². The van der Waals surface area contributed by atoms with Crippen LogP contribution in [-0.4, -0.2) is 60.1 Å². The number of morpholine rings is 1. The van der Waals surface area contributed by atoms with Gasteiger partial charge in [-0.3, -0.25) is 14.9 Å². The van der Waals surface area contributed by atoms with Crippen molar-refractivity contribution in [1.82, 2.24) is 19.5 Å². The van der Waals surface area contributed by atoms with Crippen molar-refractivity contribution >= 4 is 43.3 Å². The summed E-state index contributed by atoms with van der Waals surface area (Å²) in [5, 5.41) is 12.2. The van der Waals surface area contributed by atoms with Crippen molar-refractivity contribution in [2.24, 2.45) is 5.92 Å². The Bertz CT molecular complexity index is 1310. The first-order chi connectivity index (χ1) is 15.2. The molecule has 3 heterocycles. The highest BCUT2D eigenvalue weighted by Crippen LogP contribution is 2.25. The summed E-state index contributed by atoms with van der Waals surface area (Å²) in [6, 6.07) is 5.48. The Kier molecular flexibility index (Phi) is 6.38. The molecule has 0 saturated carbocycles. The van der Waals surface area contributed by atoms with Gasteiger partial charge in [0.15, 0.2) is 0 Å². The molecular formula is C20H23N5O5S2. The number of H-pyrrole nitrogens is 1. The quantitative estimate of drug-likeness (QED) is 0.553. The second-order valence-corrected chi connectivity index (χ2v) is 10.8. The highest BCUT2D eigenvalue weighted by atomic mass is 32.2. The number of carbonyl (C=O) groups is 1. The second kappa shape index (κ2) is 9.06. The number of aromatic nitrogens is 3. The van der Waals surface area contributed by atoms with Gasteiger partial charge in [0.05, 0.1) is 23.7 Å². The predicted octanol–water partition coefficient (Wildman–Crippen LogP) is 1.85. The van der Waals surface area contributed by atoms with E-state index in [1.807, 2.05) is 0 Å². The van der Waals surface area contributed by atoms with Gasteiger partial charge in [-0.05, 0) is 24.1 Å². The first-order valence-electron chi connectivity index (χ1n) is 10.1. The Hall–Kier alpha value is -2.67. The normalized spacial score (nSPS) is 15.3. The number of nitrogens with zero attached hydrogens (tertiary/aromatic N) is 3. The van der Waals surface area contributed by atoms with Crippen molar-refractivity contribution < 1.29 is 17.9 Å². The van der Waals surface area contributed by atoms with Crippen molar-refractivity contribution in [1.29, 1.82) is 0 Å². The monoisotopic (exact) mass is 477 g/mol. The van der Waals surface area contributed by atoms with Gasteiger partial charge in [-0.2, -0.15) is 4.31 Å². The Morgan fingerprint density at radius 1 is 1.25 bits per heavy atom. The van der Waals surface area contributed by atoms with Crippen LogP contribution in [0.15, 0.2) is 34.0 Å². The molecule has 1 aliphatic heterocycles. The summed E-state index contributed by atoms with van der Waals surface area (Å²) < 4.78 is 32.7. The van der Waals surface area contributed by atoms with Crippen LogP contribution < -0.4 is 10.9 Å². The van der Waals surface area contributed by atoms with Crippen molar-refractivity contribution in [2.75, 3.05) is 31.6 Å². The molecule has 1 aromatic carbocycles. The van der Waals surface area contributed by atoms with Gasteiger partial charge in [-0.15, -0.1) is 10.2 Å². The van der Waals surface area contributed by atoms with Gasteiger partial charge in [0.2, 0.25) is 20.7 Å². The molecule has 1 amide bonds. The minimum absolute atomic E-state index is 0.0446. The van der Waals surface area contributed by atoms with E-state index in [9.17, 15) is 18.0 Å². The van der Waals surface area contributed by atoms with E-state index >= 15 is 0 Å². The largest absolute Gasteiger partial charge is 0.379 e. The third kappa shape index (κ3) is 4.72. The summed E-state index contributed by atoms with van der Waals surface area (Å²) >= 11 is 1.27. The van der Waals surface area contributed by atoms with E-state index in [2.05, 4.69) is 34.3 Å². The van der Waals surface area contributed by atoms with Crippen LogP contribution in [-0.2, 0) is 21.2 Å². The Morgan fingerprint density at radius 2 is 2.00 bits per heavy atom. The summed E-state index contributed by atoms with van der Waals surface area (Å²) in [5.74, 6) is -0.163. The average Bonchev–Trinajstić information content (AvgIpc) is 3.19. The van der Waals surface area contributed by atoms with Gasteiger partial charge in [0.25, 0.3) is 5.91 Å². The van der Waals surface area contributed by atoms with Crippen molar-refractivity contribution in [3.63, 3.8) is 0 Å². The van der Waals surface area contributed by atoms with Crippen LogP contribution in [0.5, 0.6) is 0 Å². The molecule has 1 saturated heterocycles. The standard InChI is InChI=1S/C20H23N5O5S2/c1-12(2)9-18-23-24-20(31-18)22-19(27)15-11-17(26)21-16-4-3-13(10-14(15)16)32(28,29)25-5-7-30-8-6-25/h3-4,10-12H,5-9H2,1-2H3,(H,21,26)(H,22,24,27). The van der Waals surface area contributed by atoms with Crippen molar-refractivity contribution in [3.05, 3.63) is 45.2 Å². The number of aromatic amines is 1. The number of hydrogen-bond acceptors (Lipinski definition) is 8. The lowest BCUT2D eigenvalue weighted by Gasteiger charge is -2.26. The van der Waals surface area contributed by atoms with E-state index in [1.54, 1.807) is 0 Å². The van der Waals surface area contributed by atoms with Gasteiger partial charge in [0, 0.05) is 36.5 Å².